The van der Waals surface area contributed by atoms with Crippen LogP contribution in [0.4, 0.5) is 10.6 Å². The van der Waals surface area contributed by atoms with Crippen molar-refractivity contribution in [2.24, 2.45) is 0 Å². The Labute approximate surface area is 220 Å². The number of nitrogens with zero attached hydrogens (tertiary/aromatic N) is 4. The normalized spacial score (nSPS) is 12.4. The third-order valence-electron chi connectivity index (χ3n) is 5.45. The minimum atomic E-state index is -0.960. The molecular weight excluding hydrogens is 585 g/mol. The fourth-order valence-corrected chi connectivity index (χ4v) is 5.41. The summed E-state index contributed by atoms with van der Waals surface area (Å²) in [5, 5.41) is 15.2. The molecule has 1 amide bonds. The summed E-state index contributed by atoms with van der Waals surface area (Å²) < 4.78 is 14.2. The smallest absolute Gasteiger partial charge is 0.404 e. The summed E-state index contributed by atoms with van der Waals surface area (Å²) in [7, 11) is 0. The van der Waals surface area contributed by atoms with E-state index in [0.29, 0.717) is 17.9 Å². The molecule has 0 fully saturated rings. The maximum atomic E-state index is 10.4. The van der Waals surface area contributed by atoms with Crippen molar-refractivity contribution in [2.75, 3.05) is 32.2 Å². The van der Waals surface area contributed by atoms with E-state index in [2.05, 4.69) is 47.8 Å². The van der Waals surface area contributed by atoms with E-state index >= 15 is 0 Å². The zero-order valence-corrected chi connectivity index (χ0v) is 22.1. The Morgan fingerprint density at radius 1 is 1.11 bits per heavy atom. The van der Waals surface area contributed by atoms with Crippen LogP contribution >= 0.6 is 34.4 Å². The number of ether oxygens (including phenoxy) is 2. The van der Waals surface area contributed by atoms with Gasteiger partial charge in [0.15, 0.2) is 33.6 Å². The van der Waals surface area contributed by atoms with Gasteiger partial charge in [-0.15, -0.1) is 0 Å². The molecule has 3 aromatic rings. The number of imidazole rings is 1. The van der Waals surface area contributed by atoms with Crippen LogP contribution in [0.3, 0.4) is 0 Å². The predicted octanol–water partition coefficient (Wildman–Crippen LogP) is 3.70. The van der Waals surface area contributed by atoms with Crippen LogP contribution in [0.5, 0.6) is 11.5 Å². The first-order valence-electron chi connectivity index (χ1n) is 11.4. The van der Waals surface area contributed by atoms with Crippen LogP contribution in [0, 0.1) is 3.57 Å². The second kappa shape index (κ2) is 12.4. The molecule has 0 unspecified atom stereocenters. The maximum Gasteiger partial charge on any atom is 0.404 e. The summed E-state index contributed by atoms with van der Waals surface area (Å²) in [6, 6.07) is 3.95. The molecule has 188 valence electrons. The van der Waals surface area contributed by atoms with Gasteiger partial charge in [0.25, 0.3) is 0 Å². The molecule has 5 N–H and O–H groups in total. The number of unbranched alkanes of at least 4 members (excludes halogenated alkanes) is 3. The number of halogens is 1. The molecule has 0 bridgehead atoms. The molecule has 0 aliphatic carbocycles. The molecule has 11 nitrogen and oxygen atoms in total. The number of aromatic nitrogens is 4. The second-order valence-corrected chi connectivity index (χ2v) is 10.1. The number of nitrogen functional groups attached to an aromatic ring is 1. The highest BCUT2D eigenvalue weighted by atomic mass is 127. The van der Waals surface area contributed by atoms with Crippen molar-refractivity contribution < 1.29 is 19.4 Å². The molecular formula is C22H28IN7O4S. The highest BCUT2D eigenvalue weighted by Crippen LogP contribution is 2.41. The molecule has 1 aliphatic rings. The Balaban J connectivity index is 1.32. The van der Waals surface area contributed by atoms with Gasteiger partial charge in [0, 0.05) is 21.6 Å². The van der Waals surface area contributed by atoms with Crippen LogP contribution in [-0.4, -0.2) is 57.1 Å². The number of benzene rings is 1. The standard InChI is InChI=1S/C22H28IN7O4S/c23-14-10-15-16(34-13-33-15)11-17(14)35-21-29-18-19(24)27-12-28-20(18)30(21)9-5-7-25-6-3-1-2-4-8-26-22(31)32/h10-12,25-26H,1-9,13H2,(H,31,32)(H2,24,27,28). The van der Waals surface area contributed by atoms with Gasteiger partial charge in [-0.05, 0) is 67.1 Å². The van der Waals surface area contributed by atoms with Crippen LogP contribution < -0.4 is 25.8 Å². The van der Waals surface area contributed by atoms with Gasteiger partial charge >= 0.3 is 6.09 Å². The van der Waals surface area contributed by atoms with Crippen molar-refractivity contribution in [3.63, 3.8) is 0 Å². The average molecular weight is 613 g/mol. The van der Waals surface area contributed by atoms with Crippen molar-refractivity contribution >= 4 is 57.4 Å². The number of hydrogen-bond acceptors (Lipinski definition) is 9. The molecule has 0 spiro atoms. The summed E-state index contributed by atoms with van der Waals surface area (Å²) in [6.07, 6.45) is 5.44. The SMILES string of the molecule is Nc1ncnc2c1nc(Sc1cc3c(cc1I)OCO3)n2CCCNCCCCCCNC(=O)O. The number of hydrogen-bond donors (Lipinski definition) is 4. The molecule has 13 heteroatoms. The van der Waals surface area contributed by atoms with E-state index in [-0.39, 0.29) is 6.79 Å². The van der Waals surface area contributed by atoms with E-state index in [1.807, 2.05) is 12.1 Å². The number of nitrogens with two attached hydrogens (primary N) is 1. The summed E-state index contributed by atoms with van der Waals surface area (Å²) in [5.41, 5.74) is 7.42. The van der Waals surface area contributed by atoms with E-state index in [9.17, 15) is 4.79 Å². The highest BCUT2D eigenvalue weighted by molar-refractivity contribution is 14.1. The van der Waals surface area contributed by atoms with Crippen LogP contribution in [0.2, 0.25) is 0 Å². The van der Waals surface area contributed by atoms with Crippen molar-refractivity contribution in [1.82, 2.24) is 30.2 Å². The van der Waals surface area contributed by atoms with E-state index in [0.717, 1.165) is 82.5 Å². The quantitative estimate of drug-likeness (QED) is 0.166. The van der Waals surface area contributed by atoms with Gasteiger partial charge in [0.05, 0.1) is 0 Å². The molecule has 1 aromatic carbocycles. The predicted molar refractivity (Wildman–Crippen MR) is 141 cm³/mol. The van der Waals surface area contributed by atoms with Crippen LogP contribution in [0.1, 0.15) is 32.1 Å². The van der Waals surface area contributed by atoms with Gasteiger partial charge in [-0.3, -0.25) is 0 Å². The van der Waals surface area contributed by atoms with E-state index < -0.39 is 6.09 Å². The fourth-order valence-electron chi connectivity index (χ4n) is 3.70. The first-order chi connectivity index (χ1) is 17.0. The minimum Gasteiger partial charge on any atom is -0.465 e. The third kappa shape index (κ3) is 6.79. The molecule has 3 heterocycles. The van der Waals surface area contributed by atoms with Crippen LogP contribution in [0.25, 0.3) is 11.2 Å². The molecule has 0 atom stereocenters. The first-order valence-corrected chi connectivity index (χ1v) is 13.3. The van der Waals surface area contributed by atoms with Crippen molar-refractivity contribution in [1.29, 1.82) is 0 Å². The lowest BCUT2D eigenvalue weighted by atomic mass is 10.2. The molecule has 0 saturated carbocycles. The molecule has 1 aliphatic heterocycles. The van der Waals surface area contributed by atoms with E-state index in [4.69, 9.17) is 25.3 Å². The van der Waals surface area contributed by atoms with Gasteiger partial charge in [-0.25, -0.2) is 19.7 Å². The Hall–Kier alpha value is -2.52. The number of aryl methyl sites for hydroxylation is 1. The van der Waals surface area contributed by atoms with Gasteiger partial charge in [-0.2, -0.15) is 0 Å². The number of fused-ring (bicyclic) bond motifs is 2. The van der Waals surface area contributed by atoms with Crippen molar-refractivity contribution in [3.8, 4) is 11.5 Å². The van der Waals surface area contributed by atoms with Crippen molar-refractivity contribution in [3.05, 3.63) is 22.0 Å². The van der Waals surface area contributed by atoms with Gasteiger partial charge in [-0.1, -0.05) is 24.6 Å². The minimum absolute atomic E-state index is 0.235. The number of nitrogens with one attached hydrogen (secondary N) is 2. The average Bonchev–Trinajstić information content (AvgIpc) is 3.42. The summed E-state index contributed by atoms with van der Waals surface area (Å²) in [4.78, 5) is 24.7. The Bertz CT molecular complexity index is 1180. The van der Waals surface area contributed by atoms with Gasteiger partial charge < -0.3 is 35.5 Å². The Kier molecular flexibility index (Phi) is 9.09. The molecule has 0 saturated heterocycles. The molecule has 4 rings (SSSR count). The van der Waals surface area contributed by atoms with E-state index in [1.165, 1.54) is 6.33 Å². The number of anilines is 1. The number of carbonyl (C=O) groups is 1. The monoisotopic (exact) mass is 613 g/mol. The van der Waals surface area contributed by atoms with Crippen molar-refractivity contribution in [2.45, 2.75) is 48.7 Å². The number of amides is 1. The maximum absolute atomic E-state index is 10.4. The van der Waals surface area contributed by atoms with Gasteiger partial charge in [0.2, 0.25) is 6.79 Å². The fraction of sp³-hybridized carbons (Fsp3) is 0.455. The van der Waals surface area contributed by atoms with Crippen LogP contribution in [-0.2, 0) is 6.54 Å². The lowest BCUT2D eigenvalue weighted by molar-refractivity contribution is 0.174. The zero-order valence-electron chi connectivity index (χ0n) is 19.1. The Morgan fingerprint density at radius 2 is 1.86 bits per heavy atom. The topological polar surface area (TPSA) is 149 Å². The Morgan fingerprint density at radius 3 is 2.66 bits per heavy atom. The zero-order chi connectivity index (χ0) is 24.6. The first kappa shape index (κ1) is 25.6. The molecule has 2 aromatic heterocycles. The van der Waals surface area contributed by atoms with E-state index in [1.54, 1.807) is 11.8 Å². The van der Waals surface area contributed by atoms with Crippen LogP contribution in [0.15, 0.2) is 28.5 Å². The van der Waals surface area contributed by atoms with Gasteiger partial charge in [0.1, 0.15) is 6.33 Å². The molecule has 0 radical (unpaired) electrons. The highest BCUT2D eigenvalue weighted by Gasteiger charge is 2.20. The third-order valence-corrected chi connectivity index (χ3v) is 7.76. The largest absolute Gasteiger partial charge is 0.465 e. The summed E-state index contributed by atoms with van der Waals surface area (Å²) >= 11 is 3.84. The molecule has 35 heavy (non-hydrogen) atoms. The number of carboxylic acid groups (broad SMARTS) is 1. The number of rotatable bonds is 13. The summed E-state index contributed by atoms with van der Waals surface area (Å²) in [5.74, 6) is 1.86. The lowest BCUT2D eigenvalue weighted by Crippen LogP contribution is -2.21. The summed E-state index contributed by atoms with van der Waals surface area (Å²) in [6.45, 7) is 3.29. The lowest BCUT2D eigenvalue weighted by Gasteiger charge is -2.10. The second-order valence-electron chi connectivity index (χ2n) is 7.96.